The summed E-state index contributed by atoms with van der Waals surface area (Å²) in [6.07, 6.45) is 1.50. The molecule has 0 amide bonds. The molecule has 0 atom stereocenters. The Morgan fingerprint density at radius 2 is 2.22 bits per heavy atom. The first-order valence-corrected chi connectivity index (χ1v) is 6.26. The molecule has 1 aromatic carbocycles. The van der Waals surface area contributed by atoms with Gasteiger partial charge in [0.15, 0.2) is 0 Å². The summed E-state index contributed by atoms with van der Waals surface area (Å²) in [7, 11) is 1.34. The lowest BCUT2D eigenvalue weighted by atomic mass is 10.1. The maximum atomic E-state index is 11.6. The van der Waals surface area contributed by atoms with E-state index < -0.39 is 5.97 Å². The molecule has 4 nitrogen and oxygen atoms in total. The Kier molecular flexibility index (Phi) is 3.81. The van der Waals surface area contributed by atoms with Crippen molar-refractivity contribution < 1.29 is 14.3 Å². The van der Waals surface area contributed by atoms with E-state index in [4.69, 9.17) is 9.47 Å². The molecule has 0 saturated carbocycles. The summed E-state index contributed by atoms with van der Waals surface area (Å²) in [5.41, 5.74) is 1.19. The van der Waals surface area contributed by atoms with Crippen LogP contribution in [0.2, 0.25) is 0 Å². The van der Waals surface area contributed by atoms with Gasteiger partial charge >= 0.3 is 5.97 Å². The molecule has 5 heteroatoms. The van der Waals surface area contributed by atoms with Crippen molar-refractivity contribution >= 4 is 32.8 Å². The van der Waals surface area contributed by atoms with Gasteiger partial charge in [-0.25, -0.2) is 4.79 Å². The molecule has 0 unspecified atom stereocenters. The number of benzene rings is 1. The van der Waals surface area contributed by atoms with Crippen molar-refractivity contribution in [2.45, 2.75) is 6.92 Å². The van der Waals surface area contributed by atoms with Gasteiger partial charge in [0.25, 0.3) is 0 Å². The van der Waals surface area contributed by atoms with Crippen LogP contribution in [0.1, 0.15) is 17.3 Å². The second-order valence-electron chi connectivity index (χ2n) is 3.59. The molecule has 2 aromatic rings. The molecule has 0 spiro atoms. The van der Waals surface area contributed by atoms with Crippen LogP contribution in [-0.2, 0) is 4.74 Å². The van der Waals surface area contributed by atoms with Crippen molar-refractivity contribution in [1.29, 1.82) is 0 Å². The number of fused-ring (bicyclic) bond motifs is 1. The van der Waals surface area contributed by atoms with E-state index in [-0.39, 0.29) is 0 Å². The lowest BCUT2D eigenvalue weighted by Gasteiger charge is -2.08. The Morgan fingerprint density at radius 3 is 2.89 bits per heavy atom. The predicted molar refractivity (Wildman–Crippen MR) is 72.0 cm³/mol. The second-order valence-corrected chi connectivity index (χ2v) is 4.38. The molecule has 0 aliphatic carbocycles. The lowest BCUT2D eigenvalue weighted by Crippen LogP contribution is -2.03. The lowest BCUT2D eigenvalue weighted by molar-refractivity contribution is 0.0599. The van der Waals surface area contributed by atoms with Crippen molar-refractivity contribution in [3.8, 4) is 5.75 Å². The predicted octanol–water partition coefficient (Wildman–Crippen LogP) is 3.18. The molecule has 0 fully saturated rings. The number of hydrogen-bond donors (Lipinski definition) is 0. The molecule has 18 heavy (non-hydrogen) atoms. The smallest absolute Gasteiger partial charge is 0.340 e. The average Bonchev–Trinajstić information content (AvgIpc) is 2.39. The number of nitrogens with zero attached hydrogens (tertiary/aromatic N) is 1. The largest absolute Gasteiger partial charge is 0.494 e. The Hall–Kier alpha value is -1.62. The van der Waals surface area contributed by atoms with Crippen LogP contribution >= 0.6 is 15.9 Å². The molecule has 0 N–H and O–H groups in total. The number of ether oxygens (including phenoxy) is 2. The standard InChI is InChI=1S/C13H12BrNO3/c1-3-18-8-4-5-11-9(6-8)12(14)10(7-15-11)13(16)17-2/h4-7H,3H2,1-2H3. The molecule has 1 aromatic heterocycles. The van der Waals surface area contributed by atoms with Gasteiger partial charge in [0.1, 0.15) is 5.75 Å². The third-order valence-electron chi connectivity index (χ3n) is 2.49. The highest BCUT2D eigenvalue weighted by atomic mass is 79.9. The number of carbonyl (C=O) groups excluding carboxylic acids is 1. The second kappa shape index (κ2) is 5.35. The summed E-state index contributed by atoms with van der Waals surface area (Å²) < 4.78 is 10.8. The summed E-state index contributed by atoms with van der Waals surface area (Å²) in [5.74, 6) is 0.326. The van der Waals surface area contributed by atoms with E-state index in [1.54, 1.807) is 0 Å². The van der Waals surface area contributed by atoms with Gasteiger partial charge in [0, 0.05) is 16.1 Å². The van der Waals surface area contributed by atoms with E-state index in [0.717, 1.165) is 16.7 Å². The fraction of sp³-hybridized carbons (Fsp3) is 0.231. The van der Waals surface area contributed by atoms with Crippen molar-refractivity contribution in [3.05, 3.63) is 34.4 Å². The van der Waals surface area contributed by atoms with Crippen LogP contribution in [0.4, 0.5) is 0 Å². The van der Waals surface area contributed by atoms with Crippen LogP contribution in [0.3, 0.4) is 0 Å². The zero-order chi connectivity index (χ0) is 13.1. The Labute approximate surface area is 113 Å². The summed E-state index contributed by atoms with van der Waals surface area (Å²) in [5, 5.41) is 0.823. The molecule has 0 aliphatic heterocycles. The summed E-state index contributed by atoms with van der Waals surface area (Å²) in [6.45, 7) is 2.51. The molecule has 0 radical (unpaired) electrons. The Morgan fingerprint density at radius 1 is 1.44 bits per heavy atom. The van der Waals surface area contributed by atoms with Crippen LogP contribution in [0.5, 0.6) is 5.75 Å². The van der Waals surface area contributed by atoms with E-state index in [0.29, 0.717) is 16.6 Å². The SMILES string of the molecule is CCOc1ccc2ncc(C(=O)OC)c(Br)c2c1. The van der Waals surface area contributed by atoms with E-state index in [2.05, 4.69) is 20.9 Å². The van der Waals surface area contributed by atoms with Crippen LogP contribution in [0, 0.1) is 0 Å². The molecule has 1 heterocycles. The van der Waals surface area contributed by atoms with Crippen LogP contribution in [-0.4, -0.2) is 24.7 Å². The molecule has 94 valence electrons. The minimum Gasteiger partial charge on any atom is -0.494 e. The van der Waals surface area contributed by atoms with Gasteiger partial charge in [-0.15, -0.1) is 0 Å². The summed E-state index contributed by atoms with van der Waals surface area (Å²) in [4.78, 5) is 15.8. The molecule has 0 saturated heterocycles. The van der Waals surface area contributed by atoms with Gasteiger partial charge in [-0.05, 0) is 41.1 Å². The number of carbonyl (C=O) groups is 1. The van der Waals surface area contributed by atoms with Crippen LogP contribution < -0.4 is 4.74 Å². The maximum absolute atomic E-state index is 11.6. The summed E-state index contributed by atoms with van der Waals surface area (Å²) >= 11 is 3.41. The first-order chi connectivity index (χ1) is 8.67. The van der Waals surface area contributed by atoms with Crippen molar-refractivity contribution in [1.82, 2.24) is 4.98 Å². The van der Waals surface area contributed by atoms with Crippen molar-refractivity contribution in [2.75, 3.05) is 13.7 Å². The number of hydrogen-bond acceptors (Lipinski definition) is 4. The van der Waals surface area contributed by atoms with Crippen molar-refractivity contribution in [2.24, 2.45) is 0 Å². The number of halogens is 1. The van der Waals surface area contributed by atoms with E-state index in [1.807, 2.05) is 25.1 Å². The molecule has 2 rings (SSSR count). The van der Waals surface area contributed by atoms with Crippen LogP contribution in [0.25, 0.3) is 10.9 Å². The fourth-order valence-electron chi connectivity index (χ4n) is 1.65. The third-order valence-corrected chi connectivity index (χ3v) is 3.34. The number of methoxy groups -OCH3 is 1. The third kappa shape index (κ3) is 2.31. The topological polar surface area (TPSA) is 48.4 Å². The average molecular weight is 310 g/mol. The molecule has 0 aliphatic rings. The van der Waals surface area contributed by atoms with Gasteiger partial charge in [-0.3, -0.25) is 4.98 Å². The summed E-state index contributed by atoms with van der Waals surface area (Å²) in [6, 6.07) is 5.55. The number of rotatable bonds is 3. The van der Waals surface area contributed by atoms with Crippen LogP contribution in [0.15, 0.2) is 28.9 Å². The zero-order valence-electron chi connectivity index (χ0n) is 10.1. The molecule has 0 bridgehead atoms. The Bertz CT molecular complexity index is 598. The highest BCUT2D eigenvalue weighted by molar-refractivity contribution is 9.10. The number of aromatic nitrogens is 1. The fourth-order valence-corrected chi connectivity index (χ4v) is 2.23. The van der Waals surface area contributed by atoms with E-state index >= 15 is 0 Å². The highest BCUT2D eigenvalue weighted by Crippen LogP contribution is 2.29. The van der Waals surface area contributed by atoms with Gasteiger partial charge in [0.2, 0.25) is 0 Å². The Balaban J connectivity index is 2.60. The van der Waals surface area contributed by atoms with E-state index in [9.17, 15) is 4.79 Å². The first kappa shape index (κ1) is 12.8. The maximum Gasteiger partial charge on any atom is 0.340 e. The zero-order valence-corrected chi connectivity index (χ0v) is 11.7. The van der Waals surface area contributed by atoms with E-state index in [1.165, 1.54) is 13.3 Å². The van der Waals surface area contributed by atoms with Crippen molar-refractivity contribution in [3.63, 3.8) is 0 Å². The molecular formula is C13H12BrNO3. The number of pyridine rings is 1. The minimum atomic E-state index is -0.418. The monoisotopic (exact) mass is 309 g/mol. The molecular weight excluding hydrogens is 298 g/mol. The minimum absolute atomic E-state index is 0.402. The quantitative estimate of drug-likeness (QED) is 0.817. The number of esters is 1. The normalized spacial score (nSPS) is 10.4. The van der Waals surface area contributed by atoms with Gasteiger partial charge < -0.3 is 9.47 Å². The van der Waals surface area contributed by atoms with Gasteiger partial charge in [-0.2, -0.15) is 0 Å². The van der Waals surface area contributed by atoms with Gasteiger partial charge in [0.05, 0.1) is 24.8 Å². The highest BCUT2D eigenvalue weighted by Gasteiger charge is 2.14. The first-order valence-electron chi connectivity index (χ1n) is 5.46. The van der Waals surface area contributed by atoms with Gasteiger partial charge in [-0.1, -0.05) is 0 Å².